The van der Waals surface area contributed by atoms with Crippen LogP contribution < -0.4 is 5.32 Å². The molecule has 136 valence electrons. The van der Waals surface area contributed by atoms with E-state index in [1.54, 1.807) is 24.3 Å². The quantitative estimate of drug-likeness (QED) is 0.301. The predicted molar refractivity (Wildman–Crippen MR) is 116 cm³/mol. The Morgan fingerprint density at radius 1 is 0.808 bits per heavy atom. The standard InChI is InChI=1S/C9H5Cl3N4.C6H3Br3O/c10-5-3-1-2-4-6(5)13-9-15-7(11)14-8(12)16-9;7-3-1-2-4(10)6(9)5(3)8/h1-4H,(H,13,14,15,16);1-2,10H. The molecule has 0 radical (unpaired) electrons. The zero-order valence-corrected chi connectivity index (χ0v) is 19.5. The minimum Gasteiger partial charge on any atom is -0.507 e. The van der Waals surface area contributed by atoms with Crippen molar-refractivity contribution in [3.8, 4) is 5.75 Å². The lowest BCUT2D eigenvalue weighted by Gasteiger charge is -2.06. The van der Waals surface area contributed by atoms with Crippen LogP contribution in [0, 0.1) is 0 Å². The smallest absolute Gasteiger partial charge is 0.232 e. The molecule has 2 N–H and O–H groups in total. The van der Waals surface area contributed by atoms with E-state index in [1.807, 2.05) is 12.1 Å². The molecule has 0 atom stereocenters. The van der Waals surface area contributed by atoms with Crippen LogP contribution in [0.15, 0.2) is 49.8 Å². The minimum absolute atomic E-state index is 0.0227. The van der Waals surface area contributed by atoms with Gasteiger partial charge in [-0.2, -0.15) is 15.0 Å². The maximum Gasteiger partial charge on any atom is 0.232 e. The van der Waals surface area contributed by atoms with Crippen molar-refractivity contribution < 1.29 is 5.11 Å². The Hall–Kier alpha value is -0.640. The van der Waals surface area contributed by atoms with Gasteiger partial charge in [0, 0.05) is 8.95 Å². The lowest BCUT2D eigenvalue weighted by atomic mass is 10.3. The van der Waals surface area contributed by atoms with Crippen molar-refractivity contribution in [2.75, 3.05) is 5.32 Å². The third kappa shape index (κ3) is 6.21. The first-order chi connectivity index (χ1) is 12.3. The number of hydrogen-bond acceptors (Lipinski definition) is 5. The summed E-state index contributed by atoms with van der Waals surface area (Å²) in [7, 11) is 0. The number of nitrogens with zero attached hydrogens (tertiary/aromatic N) is 3. The van der Waals surface area contributed by atoms with Crippen molar-refractivity contribution in [1.82, 2.24) is 15.0 Å². The third-order valence-corrected chi connectivity index (χ3v) is 6.73. The summed E-state index contributed by atoms with van der Waals surface area (Å²) in [4.78, 5) is 11.4. The van der Waals surface area contributed by atoms with E-state index in [4.69, 9.17) is 39.9 Å². The van der Waals surface area contributed by atoms with E-state index >= 15 is 0 Å². The topological polar surface area (TPSA) is 70.9 Å². The minimum atomic E-state index is 0.0227. The number of benzene rings is 2. The number of halogens is 6. The lowest BCUT2D eigenvalue weighted by Crippen LogP contribution is -1.99. The van der Waals surface area contributed by atoms with Crippen molar-refractivity contribution >= 4 is 94.2 Å². The van der Waals surface area contributed by atoms with E-state index < -0.39 is 0 Å². The second-order valence-corrected chi connectivity index (χ2v) is 8.02. The first-order valence-corrected chi connectivity index (χ1v) is 10.2. The van der Waals surface area contributed by atoms with E-state index in [0.717, 1.165) is 8.95 Å². The molecule has 0 bridgehead atoms. The maximum atomic E-state index is 9.13. The summed E-state index contributed by atoms with van der Waals surface area (Å²) < 4.78 is 2.41. The number of aromatic nitrogens is 3. The Kier molecular flexibility index (Phi) is 8.38. The summed E-state index contributed by atoms with van der Waals surface area (Å²) in [6, 6.07) is 10.6. The van der Waals surface area contributed by atoms with Crippen LogP contribution in [0.2, 0.25) is 15.6 Å². The van der Waals surface area contributed by atoms with Gasteiger partial charge in [0.15, 0.2) is 0 Å². The van der Waals surface area contributed by atoms with Crippen LogP contribution in [-0.2, 0) is 0 Å². The Morgan fingerprint density at radius 2 is 1.42 bits per heavy atom. The van der Waals surface area contributed by atoms with Crippen LogP contribution in [0.5, 0.6) is 5.75 Å². The second kappa shape index (κ2) is 10.1. The molecule has 1 heterocycles. The number of rotatable bonds is 2. The zero-order valence-electron chi connectivity index (χ0n) is 12.5. The predicted octanol–water partition coefficient (Wildman–Crippen LogP) is 7.26. The number of nitrogens with one attached hydrogen (secondary N) is 1. The van der Waals surface area contributed by atoms with Crippen molar-refractivity contribution in [3.05, 3.63) is 65.4 Å². The number of phenols is 1. The molecule has 3 aromatic rings. The van der Waals surface area contributed by atoms with Gasteiger partial charge < -0.3 is 10.4 Å². The molecule has 0 aliphatic heterocycles. The fourth-order valence-corrected chi connectivity index (χ4v) is 3.40. The van der Waals surface area contributed by atoms with Crippen molar-refractivity contribution in [3.63, 3.8) is 0 Å². The molecular formula is C15H8Br3Cl3N4O. The fraction of sp³-hybridized carbons (Fsp3) is 0. The Morgan fingerprint density at radius 3 is 2.00 bits per heavy atom. The number of para-hydroxylation sites is 1. The highest BCUT2D eigenvalue weighted by Crippen LogP contribution is 2.36. The van der Waals surface area contributed by atoms with Crippen molar-refractivity contribution in [2.45, 2.75) is 0 Å². The SMILES string of the molecule is Clc1nc(Cl)nc(Nc2ccccc2Cl)n1.Oc1ccc(Br)c(Br)c1Br. The molecule has 0 aliphatic carbocycles. The summed E-state index contributed by atoms with van der Waals surface area (Å²) in [6.07, 6.45) is 0. The highest BCUT2D eigenvalue weighted by atomic mass is 79.9. The van der Waals surface area contributed by atoms with E-state index in [0.29, 0.717) is 15.2 Å². The largest absolute Gasteiger partial charge is 0.507 e. The van der Waals surface area contributed by atoms with E-state index in [2.05, 4.69) is 68.1 Å². The molecule has 0 amide bonds. The highest BCUT2D eigenvalue weighted by Gasteiger charge is 2.06. The summed E-state index contributed by atoms with van der Waals surface area (Å²) in [5, 5.41) is 12.6. The molecule has 2 aromatic carbocycles. The Labute approximate surface area is 189 Å². The Balaban J connectivity index is 0.000000209. The summed E-state index contributed by atoms with van der Waals surface area (Å²) >= 11 is 27.0. The maximum absolute atomic E-state index is 9.13. The summed E-state index contributed by atoms with van der Waals surface area (Å²) in [6.45, 7) is 0. The van der Waals surface area contributed by atoms with Gasteiger partial charge in [-0.3, -0.25) is 0 Å². The van der Waals surface area contributed by atoms with Crippen molar-refractivity contribution in [1.29, 1.82) is 0 Å². The van der Waals surface area contributed by atoms with Gasteiger partial charge in [0.25, 0.3) is 0 Å². The van der Waals surface area contributed by atoms with Gasteiger partial charge in [-0.15, -0.1) is 0 Å². The van der Waals surface area contributed by atoms with Crippen molar-refractivity contribution in [2.24, 2.45) is 0 Å². The average molecular weight is 606 g/mol. The highest BCUT2D eigenvalue weighted by molar-refractivity contribution is 9.14. The van der Waals surface area contributed by atoms with Gasteiger partial charge >= 0.3 is 0 Å². The first kappa shape index (κ1) is 21.7. The van der Waals surface area contributed by atoms with Crippen LogP contribution in [-0.4, -0.2) is 20.1 Å². The molecular weight excluding hydrogens is 598 g/mol. The van der Waals surface area contributed by atoms with Gasteiger partial charge in [0.1, 0.15) is 5.75 Å². The first-order valence-electron chi connectivity index (χ1n) is 6.69. The van der Waals surface area contributed by atoms with E-state index in [1.165, 1.54) is 0 Å². The third-order valence-electron chi connectivity index (χ3n) is 2.72. The zero-order chi connectivity index (χ0) is 19.3. The number of hydrogen-bond donors (Lipinski definition) is 2. The normalized spacial score (nSPS) is 10.1. The molecule has 26 heavy (non-hydrogen) atoms. The van der Waals surface area contributed by atoms with Crippen LogP contribution >= 0.6 is 82.6 Å². The molecule has 1 aromatic heterocycles. The van der Waals surface area contributed by atoms with E-state index in [-0.39, 0.29) is 22.3 Å². The van der Waals surface area contributed by atoms with Gasteiger partial charge in [-0.25, -0.2) is 0 Å². The molecule has 0 fully saturated rings. The van der Waals surface area contributed by atoms with Gasteiger partial charge in [0.2, 0.25) is 16.5 Å². The van der Waals surface area contributed by atoms with Gasteiger partial charge in [-0.1, -0.05) is 23.7 Å². The molecule has 5 nitrogen and oxygen atoms in total. The molecule has 0 unspecified atom stereocenters. The van der Waals surface area contributed by atoms with Gasteiger partial charge in [0.05, 0.1) is 15.2 Å². The van der Waals surface area contributed by atoms with Crippen LogP contribution in [0.1, 0.15) is 0 Å². The molecule has 11 heteroatoms. The summed E-state index contributed by atoms with van der Waals surface area (Å²) in [5.41, 5.74) is 0.669. The number of phenolic OH excluding ortho intramolecular Hbond substituents is 1. The monoisotopic (exact) mass is 602 g/mol. The molecule has 0 saturated carbocycles. The Bertz CT molecular complexity index is 883. The average Bonchev–Trinajstić information content (AvgIpc) is 2.58. The lowest BCUT2D eigenvalue weighted by molar-refractivity contribution is 0.471. The van der Waals surface area contributed by atoms with Crippen LogP contribution in [0.25, 0.3) is 0 Å². The molecule has 0 saturated heterocycles. The van der Waals surface area contributed by atoms with Crippen LogP contribution in [0.4, 0.5) is 11.6 Å². The summed E-state index contributed by atoms with van der Waals surface area (Å²) in [5.74, 6) is 0.480. The fourth-order valence-electron chi connectivity index (χ4n) is 1.58. The second-order valence-electron chi connectivity index (χ2n) is 4.50. The number of aromatic hydroxyl groups is 1. The van der Waals surface area contributed by atoms with Crippen LogP contribution in [0.3, 0.4) is 0 Å². The van der Waals surface area contributed by atoms with Gasteiger partial charge in [-0.05, 0) is 95.3 Å². The van der Waals surface area contributed by atoms with E-state index in [9.17, 15) is 0 Å². The number of anilines is 2. The molecule has 0 spiro atoms. The molecule has 3 rings (SSSR count). The molecule has 0 aliphatic rings.